The Bertz CT molecular complexity index is 560. The zero-order valence-corrected chi connectivity index (χ0v) is 11.1. The SMILES string of the molecule is CC(=O)NC[C@@H]1CN(c2cccc(C(F)(F)F)c2)C(=O)O1. The van der Waals surface area contributed by atoms with Crippen molar-refractivity contribution in [1.82, 2.24) is 5.32 Å². The van der Waals surface area contributed by atoms with E-state index in [1.165, 1.54) is 19.1 Å². The number of ether oxygens (including phenoxy) is 1. The van der Waals surface area contributed by atoms with Crippen LogP contribution < -0.4 is 10.2 Å². The number of amides is 2. The molecule has 0 spiro atoms. The number of carbonyl (C=O) groups is 2. The Balaban J connectivity index is 2.12. The second-order valence-corrected chi connectivity index (χ2v) is 4.60. The lowest BCUT2D eigenvalue weighted by Crippen LogP contribution is -2.33. The van der Waals surface area contributed by atoms with E-state index in [0.717, 1.165) is 17.0 Å². The number of hydrogen-bond acceptors (Lipinski definition) is 3. The number of cyclic esters (lactones) is 1. The van der Waals surface area contributed by atoms with Crippen LogP contribution in [-0.4, -0.2) is 31.2 Å². The first-order chi connectivity index (χ1) is 9.77. The fraction of sp³-hybridized carbons (Fsp3) is 0.385. The third-order valence-corrected chi connectivity index (χ3v) is 2.94. The number of benzene rings is 1. The fourth-order valence-electron chi connectivity index (χ4n) is 1.95. The quantitative estimate of drug-likeness (QED) is 0.931. The normalized spacial score (nSPS) is 18.6. The maximum Gasteiger partial charge on any atom is 0.416 e. The molecule has 114 valence electrons. The number of hydrogen-bond donors (Lipinski definition) is 1. The van der Waals surface area contributed by atoms with Gasteiger partial charge in [0.1, 0.15) is 6.10 Å². The molecule has 2 rings (SSSR count). The predicted octanol–water partition coefficient (Wildman–Crippen LogP) is 2.17. The van der Waals surface area contributed by atoms with Crippen LogP contribution in [0.25, 0.3) is 0 Å². The molecule has 1 aliphatic rings. The zero-order chi connectivity index (χ0) is 15.6. The molecule has 0 radical (unpaired) electrons. The molecule has 0 unspecified atom stereocenters. The Hall–Kier alpha value is -2.25. The van der Waals surface area contributed by atoms with Crippen molar-refractivity contribution in [1.29, 1.82) is 0 Å². The van der Waals surface area contributed by atoms with Crippen LogP contribution in [0.2, 0.25) is 0 Å². The highest BCUT2D eigenvalue weighted by atomic mass is 19.4. The summed E-state index contributed by atoms with van der Waals surface area (Å²) in [7, 11) is 0. The van der Waals surface area contributed by atoms with Gasteiger partial charge in [-0.05, 0) is 18.2 Å². The van der Waals surface area contributed by atoms with Crippen molar-refractivity contribution < 1.29 is 27.5 Å². The van der Waals surface area contributed by atoms with Gasteiger partial charge in [-0.2, -0.15) is 13.2 Å². The molecule has 2 amide bonds. The Kier molecular flexibility index (Phi) is 4.06. The third kappa shape index (κ3) is 3.65. The molecule has 1 atom stereocenters. The molecule has 0 aliphatic carbocycles. The molecule has 21 heavy (non-hydrogen) atoms. The summed E-state index contributed by atoms with van der Waals surface area (Å²) in [5.41, 5.74) is -0.724. The van der Waals surface area contributed by atoms with Gasteiger partial charge in [-0.25, -0.2) is 4.79 Å². The van der Waals surface area contributed by atoms with Crippen molar-refractivity contribution in [2.75, 3.05) is 18.0 Å². The van der Waals surface area contributed by atoms with Gasteiger partial charge in [0.05, 0.1) is 18.7 Å². The molecule has 1 aromatic carbocycles. The predicted molar refractivity (Wildman–Crippen MR) is 67.7 cm³/mol. The van der Waals surface area contributed by atoms with Crippen molar-refractivity contribution in [2.24, 2.45) is 0 Å². The summed E-state index contributed by atoms with van der Waals surface area (Å²) in [5, 5.41) is 2.49. The molecule has 0 aromatic heterocycles. The van der Waals surface area contributed by atoms with Crippen molar-refractivity contribution in [3.05, 3.63) is 29.8 Å². The van der Waals surface area contributed by atoms with Gasteiger partial charge in [-0.15, -0.1) is 0 Å². The minimum absolute atomic E-state index is 0.0838. The lowest BCUT2D eigenvalue weighted by Gasteiger charge is -2.15. The Morgan fingerprint density at radius 3 is 2.81 bits per heavy atom. The number of rotatable bonds is 3. The highest BCUT2D eigenvalue weighted by Gasteiger charge is 2.35. The van der Waals surface area contributed by atoms with Crippen molar-refractivity contribution in [2.45, 2.75) is 19.2 Å². The highest BCUT2D eigenvalue weighted by Crippen LogP contribution is 2.32. The average molecular weight is 302 g/mol. The number of nitrogens with one attached hydrogen (secondary N) is 1. The summed E-state index contributed by atoms with van der Waals surface area (Å²) in [6.45, 7) is 1.53. The van der Waals surface area contributed by atoms with Crippen LogP contribution in [0, 0.1) is 0 Å². The van der Waals surface area contributed by atoms with Crippen LogP contribution in [0.1, 0.15) is 12.5 Å². The molecular weight excluding hydrogens is 289 g/mol. The van der Waals surface area contributed by atoms with E-state index in [2.05, 4.69) is 5.32 Å². The van der Waals surface area contributed by atoms with Gasteiger partial charge in [-0.3, -0.25) is 9.69 Å². The molecule has 0 bridgehead atoms. The van der Waals surface area contributed by atoms with Gasteiger partial charge < -0.3 is 10.1 Å². The molecule has 8 heteroatoms. The molecule has 0 saturated carbocycles. The maximum atomic E-state index is 12.7. The van der Waals surface area contributed by atoms with Gasteiger partial charge in [0, 0.05) is 12.6 Å². The van der Waals surface area contributed by atoms with Crippen LogP contribution in [0.4, 0.5) is 23.7 Å². The summed E-state index contributed by atoms with van der Waals surface area (Å²) in [5.74, 6) is -0.274. The van der Waals surface area contributed by atoms with Crippen LogP contribution in [0.3, 0.4) is 0 Å². The second kappa shape index (κ2) is 5.63. The molecule has 1 aliphatic heterocycles. The van der Waals surface area contributed by atoms with E-state index in [-0.39, 0.29) is 24.7 Å². The molecule has 1 N–H and O–H groups in total. The largest absolute Gasteiger partial charge is 0.442 e. The van der Waals surface area contributed by atoms with Gasteiger partial charge in [0.2, 0.25) is 5.91 Å². The van der Waals surface area contributed by atoms with E-state index in [9.17, 15) is 22.8 Å². The first-order valence-electron chi connectivity index (χ1n) is 6.17. The minimum atomic E-state index is -4.48. The van der Waals surface area contributed by atoms with Gasteiger partial charge in [0.15, 0.2) is 0 Å². The lowest BCUT2D eigenvalue weighted by molar-refractivity contribution is -0.137. The van der Waals surface area contributed by atoms with E-state index in [1.807, 2.05) is 0 Å². The second-order valence-electron chi connectivity index (χ2n) is 4.60. The Labute approximate surface area is 118 Å². The summed E-state index contributed by atoms with van der Waals surface area (Å²) < 4.78 is 43.0. The number of anilines is 1. The van der Waals surface area contributed by atoms with Crippen LogP contribution >= 0.6 is 0 Å². The van der Waals surface area contributed by atoms with E-state index >= 15 is 0 Å². The fourth-order valence-corrected chi connectivity index (χ4v) is 1.95. The molecular formula is C13H13F3N2O3. The number of alkyl halides is 3. The monoisotopic (exact) mass is 302 g/mol. The molecule has 1 fully saturated rings. The summed E-state index contributed by atoms with van der Waals surface area (Å²) in [4.78, 5) is 23.6. The van der Waals surface area contributed by atoms with E-state index < -0.39 is 23.9 Å². The van der Waals surface area contributed by atoms with Gasteiger partial charge >= 0.3 is 12.3 Å². The smallest absolute Gasteiger partial charge is 0.416 e. The van der Waals surface area contributed by atoms with E-state index in [1.54, 1.807) is 0 Å². The zero-order valence-electron chi connectivity index (χ0n) is 11.1. The first-order valence-corrected chi connectivity index (χ1v) is 6.17. The number of carbonyl (C=O) groups excluding carboxylic acids is 2. The van der Waals surface area contributed by atoms with Gasteiger partial charge in [-0.1, -0.05) is 6.07 Å². The summed E-state index contributed by atoms with van der Waals surface area (Å²) in [6.07, 6.45) is -5.80. The minimum Gasteiger partial charge on any atom is -0.442 e. The summed E-state index contributed by atoms with van der Waals surface area (Å²) in [6, 6.07) is 4.45. The topological polar surface area (TPSA) is 58.6 Å². The van der Waals surface area contributed by atoms with Crippen LogP contribution in [0.5, 0.6) is 0 Å². The Morgan fingerprint density at radius 2 is 2.19 bits per heavy atom. The maximum absolute atomic E-state index is 12.7. The molecule has 5 nitrogen and oxygen atoms in total. The third-order valence-electron chi connectivity index (χ3n) is 2.94. The van der Waals surface area contributed by atoms with Crippen LogP contribution in [-0.2, 0) is 15.7 Å². The van der Waals surface area contributed by atoms with E-state index in [0.29, 0.717) is 0 Å². The van der Waals surface area contributed by atoms with Crippen molar-refractivity contribution >= 4 is 17.7 Å². The van der Waals surface area contributed by atoms with Crippen molar-refractivity contribution in [3.8, 4) is 0 Å². The van der Waals surface area contributed by atoms with Crippen molar-refractivity contribution in [3.63, 3.8) is 0 Å². The summed E-state index contributed by atoms with van der Waals surface area (Å²) >= 11 is 0. The van der Waals surface area contributed by atoms with Crippen LogP contribution in [0.15, 0.2) is 24.3 Å². The number of nitrogens with zero attached hydrogens (tertiary/aromatic N) is 1. The lowest BCUT2D eigenvalue weighted by atomic mass is 10.2. The van der Waals surface area contributed by atoms with E-state index in [4.69, 9.17) is 4.74 Å². The molecule has 1 saturated heterocycles. The first kappa shape index (κ1) is 15.1. The number of halogens is 3. The Morgan fingerprint density at radius 1 is 1.48 bits per heavy atom. The average Bonchev–Trinajstić information content (AvgIpc) is 2.77. The highest BCUT2D eigenvalue weighted by molar-refractivity contribution is 5.90. The van der Waals surface area contributed by atoms with Gasteiger partial charge in [0.25, 0.3) is 0 Å². The standard InChI is InChI=1S/C13H13F3N2O3/c1-8(19)17-6-11-7-18(12(20)21-11)10-4-2-3-9(5-10)13(14,15)16/h2-5,11H,6-7H2,1H3,(H,17,19)/t11-/m1/s1. The molecule has 1 heterocycles. The molecule has 1 aromatic rings.